The van der Waals surface area contributed by atoms with Crippen molar-refractivity contribution >= 4 is 11.6 Å². The molecule has 0 bridgehead atoms. The zero-order valence-corrected chi connectivity index (χ0v) is 21.6. The molecule has 0 amide bonds. The first kappa shape index (κ1) is 26.3. The molecule has 1 aliphatic rings. The third-order valence-electron chi connectivity index (χ3n) is 6.10. The predicted molar refractivity (Wildman–Crippen MR) is 138 cm³/mol. The number of methoxy groups -OCH3 is 1. The van der Waals surface area contributed by atoms with E-state index in [9.17, 15) is 5.11 Å². The second kappa shape index (κ2) is 12.5. The molecular weight excluding hydrogens is 482 g/mol. The van der Waals surface area contributed by atoms with E-state index in [1.807, 2.05) is 49.6 Å². The van der Waals surface area contributed by atoms with Crippen molar-refractivity contribution in [2.45, 2.75) is 32.0 Å². The van der Waals surface area contributed by atoms with Crippen molar-refractivity contribution in [3.8, 4) is 17.2 Å². The Hall–Kier alpha value is -2.78. The Morgan fingerprint density at radius 2 is 2.06 bits per heavy atom. The van der Waals surface area contributed by atoms with E-state index in [4.69, 9.17) is 30.5 Å². The Kier molecular flexibility index (Phi) is 9.09. The van der Waals surface area contributed by atoms with Gasteiger partial charge in [-0.05, 0) is 49.2 Å². The van der Waals surface area contributed by atoms with Gasteiger partial charge >= 0.3 is 0 Å². The molecule has 3 aromatic rings. The number of hydrogen-bond donors (Lipinski definition) is 1. The maximum atomic E-state index is 11.2. The van der Waals surface area contributed by atoms with Crippen molar-refractivity contribution in [3.05, 3.63) is 71.3 Å². The van der Waals surface area contributed by atoms with Gasteiger partial charge in [-0.3, -0.25) is 4.90 Å². The van der Waals surface area contributed by atoms with Crippen LogP contribution in [0.1, 0.15) is 17.8 Å². The molecule has 1 N–H and O–H groups in total. The highest BCUT2D eigenvalue weighted by molar-refractivity contribution is 6.30. The highest BCUT2D eigenvalue weighted by atomic mass is 35.5. The number of benzene rings is 2. The lowest BCUT2D eigenvalue weighted by molar-refractivity contribution is -0.0646. The number of ether oxygens (including phenoxy) is 4. The van der Waals surface area contributed by atoms with Gasteiger partial charge in [-0.2, -0.15) is 0 Å². The van der Waals surface area contributed by atoms with Crippen LogP contribution >= 0.6 is 11.6 Å². The number of aryl methyl sites for hydroxylation is 2. The fourth-order valence-electron chi connectivity index (χ4n) is 4.24. The van der Waals surface area contributed by atoms with Crippen molar-refractivity contribution < 1.29 is 24.1 Å². The van der Waals surface area contributed by atoms with Crippen LogP contribution in [0, 0.1) is 6.92 Å². The maximum absolute atomic E-state index is 11.2. The van der Waals surface area contributed by atoms with E-state index in [-0.39, 0.29) is 13.2 Å². The fraction of sp³-hybridized carbons (Fsp3) is 0.444. The van der Waals surface area contributed by atoms with Crippen LogP contribution in [0.15, 0.2) is 54.9 Å². The third-order valence-corrected chi connectivity index (χ3v) is 6.34. The van der Waals surface area contributed by atoms with Crippen LogP contribution in [0.3, 0.4) is 0 Å². The van der Waals surface area contributed by atoms with Gasteiger partial charge in [0, 0.05) is 43.6 Å². The normalized spacial score (nSPS) is 18.6. The van der Waals surface area contributed by atoms with Gasteiger partial charge in [0.1, 0.15) is 23.8 Å². The average molecular weight is 516 g/mol. The van der Waals surface area contributed by atoms with Gasteiger partial charge in [0.15, 0.2) is 11.5 Å². The van der Waals surface area contributed by atoms with Crippen LogP contribution in [-0.2, 0) is 17.8 Å². The number of aliphatic hydroxyl groups is 1. The largest absolute Gasteiger partial charge is 0.493 e. The van der Waals surface area contributed by atoms with Crippen molar-refractivity contribution in [1.82, 2.24) is 14.5 Å². The van der Waals surface area contributed by atoms with Crippen LogP contribution in [-0.4, -0.2) is 71.8 Å². The molecule has 0 aliphatic carbocycles. The van der Waals surface area contributed by atoms with E-state index in [0.29, 0.717) is 55.1 Å². The zero-order valence-electron chi connectivity index (χ0n) is 20.9. The number of rotatable bonds is 11. The van der Waals surface area contributed by atoms with E-state index in [2.05, 4.69) is 14.5 Å². The molecule has 0 spiro atoms. The number of halogens is 1. The van der Waals surface area contributed by atoms with Crippen LogP contribution in [0.25, 0.3) is 0 Å². The second-order valence-corrected chi connectivity index (χ2v) is 9.53. The van der Waals surface area contributed by atoms with Crippen LogP contribution < -0.4 is 14.2 Å². The molecule has 1 aliphatic heterocycles. The predicted octanol–water partition coefficient (Wildman–Crippen LogP) is 3.96. The number of imidazole rings is 1. The zero-order chi connectivity index (χ0) is 25.4. The third kappa shape index (κ3) is 7.36. The molecule has 1 aromatic heterocycles. The fourth-order valence-corrected chi connectivity index (χ4v) is 4.42. The van der Waals surface area contributed by atoms with Crippen molar-refractivity contribution in [3.63, 3.8) is 0 Å². The van der Waals surface area contributed by atoms with Crippen molar-refractivity contribution in [2.75, 3.05) is 46.6 Å². The first-order valence-corrected chi connectivity index (χ1v) is 12.5. The topological polar surface area (TPSA) is 78.2 Å². The Bertz CT molecular complexity index is 1120. The Balaban J connectivity index is 1.32. The SMILES string of the molecule is COc1cc(CN2CCOCC(O)(COc3cccc(Cl)c3)C2)ccc1OCCCn1ccnc1C. The Morgan fingerprint density at radius 3 is 2.83 bits per heavy atom. The van der Waals surface area contributed by atoms with Gasteiger partial charge in [-0.25, -0.2) is 4.98 Å². The summed E-state index contributed by atoms with van der Waals surface area (Å²) in [7, 11) is 1.65. The smallest absolute Gasteiger partial charge is 0.161 e. The maximum Gasteiger partial charge on any atom is 0.161 e. The number of aromatic nitrogens is 2. The number of β-amino-alcohol motifs (C(OH)–C–C–N with tert-alkyl or cyclic N) is 1. The molecule has 194 valence electrons. The molecule has 1 fully saturated rings. The molecule has 0 radical (unpaired) electrons. The lowest BCUT2D eigenvalue weighted by Gasteiger charge is -2.30. The first-order valence-electron chi connectivity index (χ1n) is 12.1. The second-order valence-electron chi connectivity index (χ2n) is 9.09. The Morgan fingerprint density at radius 1 is 1.17 bits per heavy atom. The molecule has 1 unspecified atom stereocenters. The van der Waals surface area contributed by atoms with E-state index in [0.717, 1.165) is 24.4 Å². The monoisotopic (exact) mass is 515 g/mol. The molecule has 1 saturated heterocycles. The van der Waals surface area contributed by atoms with Gasteiger partial charge in [-0.1, -0.05) is 23.7 Å². The highest BCUT2D eigenvalue weighted by Gasteiger charge is 2.33. The molecule has 9 heteroatoms. The summed E-state index contributed by atoms with van der Waals surface area (Å²) < 4.78 is 25.2. The summed E-state index contributed by atoms with van der Waals surface area (Å²) >= 11 is 6.04. The van der Waals surface area contributed by atoms with Gasteiger partial charge < -0.3 is 28.6 Å². The lowest BCUT2D eigenvalue weighted by atomic mass is 10.1. The highest BCUT2D eigenvalue weighted by Crippen LogP contribution is 2.29. The summed E-state index contributed by atoms with van der Waals surface area (Å²) in [5.41, 5.74) is -0.0761. The van der Waals surface area contributed by atoms with Gasteiger partial charge in [0.05, 0.1) is 26.9 Å². The lowest BCUT2D eigenvalue weighted by Crippen LogP contribution is -2.48. The minimum Gasteiger partial charge on any atom is -0.493 e. The van der Waals surface area contributed by atoms with Crippen LogP contribution in [0.5, 0.6) is 17.2 Å². The summed E-state index contributed by atoms with van der Waals surface area (Å²) in [6.45, 7) is 6.04. The minimum absolute atomic E-state index is 0.110. The molecular formula is C27H34ClN3O5. The van der Waals surface area contributed by atoms with Crippen molar-refractivity contribution in [2.24, 2.45) is 0 Å². The quantitative estimate of drug-likeness (QED) is 0.387. The van der Waals surface area contributed by atoms with Gasteiger partial charge in [0.25, 0.3) is 0 Å². The summed E-state index contributed by atoms with van der Waals surface area (Å²) in [4.78, 5) is 6.41. The van der Waals surface area contributed by atoms with E-state index in [1.54, 1.807) is 19.2 Å². The Labute approximate surface area is 217 Å². The minimum atomic E-state index is -1.14. The molecule has 2 heterocycles. The molecule has 4 rings (SSSR count). The van der Waals surface area contributed by atoms with E-state index < -0.39 is 5.60 Å². The average Bonchev–Trinajstić information content (AvgIpc) is 3.18. The summed E-state index contributed by atoms with van der Waals surface area (Å²) in [6.07, 6.45) is 4.65. The molecule has 2 aromatic carbocycles. The number of hydrogen-bond acceptors (Lipinski definition) is 7. The molecule has 0 saturated carbocycles. The van der Waals surface area contributed by atoms with E-state index >= 15 is 0 Å². The van der Waals surface area contributed by atoms with Crippen LogP contribution in [0.2, 0.25) is 5.02 Å². The molecule has 36 heavy (non-hydrogen) atoms. The molecule has 8 nitrogen and oxygen atoms in total. The van der Waals surface area contributed by atoms with Crippen molar-refractivity contribution in [1.29, 1.82) is 0 Å². The van der Waals surface area contributed by atoms with Gasteiger partial charge in [0.2, 0.25) is 0 Å². The molecule has 1 atom stereocenters. The van der Waals surface area contributed by atoms with Crippen LogP contribution in [0.4, 0.5) is 0 Å². The number of nitrogens with zero attached hydrogens (tertiary/aromatic N) is 3. The summed E-state index contributed by atoms with van der Waals surface area (Å²) in [5, 5.41) is 11.8. The van der Waals surface area contributed by atoms with Gasteiger partial charge in [-0.15, -0.1) is 0 Å². The van der Waals surface area contributed by atoms with E-state index in [1.165, 1.54) is 0 Å². The first-order chi connectivity index (χ1) is 17.4. The summed E-state index contributed by atoms with van der Waals surface area (Å²) in [5.74, 6) is 3.03. The summed E-state index contributed by atoms with van der Waals surface area (Å²) in [6, 6.07) is 13.1. The standard InChI is InChI=1S/C27H34ClN3O5/c1-21-29-9-11-31(21)10-4-13-35-25-8-7-22(15-26(25)33-2)17-30-12-14-34-19-27(32,18-30)20-36-24-6-3-5-23(28)16-24/h3,5-9,11,15-16,32H,4,10,12-14,17-20H2,1-2H3.